The molecule has 0 aliphatic carbocycles. The highest BCUT2D eigenvalue weighted by molar-refractivity contribution is 5.86. The van der Waals surface area contributed by atoms with E-state index >= 15 is 0 Å². The summed E-state index contributed by atoms with van der Waals surface area (Å²) in [6.07, 6.45) is 5.48. The Morgan fingerprint density at radius 2 is 2.23 bits per heavy atom. The smallest absolute Gasteiger partial charge is 0.240 e. The van der Waals surface area contributed by atoms with Crippen LogP contribution in [0, 0.1) is 0 Å². The van der Waals surface area contributed by atoms with Crippen LogP contribution >= 0.6 is 0 Å². The summed E-state index contributed by atoms with van der Waals surface area (Å²) in [7, 11) is 0. The molecule has 4 heteroatoms. The number of pyridine rings is 1. The molecule has 4 nitrogen and oxygen atoms in total. The first-order valence-electron chi connectivity index (χ1n) is 8.11. The molecule has 22 heavy (non-hydrogen) atoms. The van der Waals surface area contributed by atoms with Crippen molar-refractivity contribution in [3.63, 3.8) is 0 Å². The van der Waals surface area contributed by atoms with Gasteiger partial charge in [0.05, 0.1) is 11.1 Å². The standard InChI is InChI=1S/C18H23N3O/c1-2-18(10-5-12-21-18)17(22)20-13-9-15-7-3-6-14-8-4-11-19-16(14)15/h3-4,6-8,11,21H,2,5,9-10,12-13H2,1H3,(H,20,22). The van der Waals surface area contributed by atoms with Crippen LogP contribution < -0.4 is 10.6 Å². The molecule has 1 atom stereocenters. The Morgan fingerprint density at radius 1 is 1.36 bits per heavy atom. The first-order chi connectivity index (χ1) is 10.7. The zero-order valence-electron chi connectivity index (χ0n) is 13.1. The van der Waals surface area contributed by atoms with Gasteiger partial charge in [0, 0.05) is 18.1 Å². The first-order valence-corrected chi connectivity index (χ1v) is 8.11. The fourth-order valence-electron chi connectivity index (χ4n) is 3.31. The SMILES string of the molecule is CCC1(C(=O)NCCc2cccc3cccnc23)CCCN1. The Hall–Kier alpha value is -1.94. The molecule has 0 spiro atoms. The molecule has 1 aliphatic rings. The monoisotopic (exact) mass is 297 g/mol. The van der Waals surface area contributed by atoms with Crippen LogP contribution in [0.15, 0.2) is 36.5 Å². The zero-order chi connectivity index (χ0) is 15.4. The van der Waals surface area contributed by atoms with Crippen LogP contribution in [0.1, 0.15) is 31.7 Å². The molecule has 1 aromatic heterocycles. The van der Waals surface area contributed by atoms with Crippen LogP contribution in [0.2, 0.25) is 0 Å². The Bertz CT molecular complexity index is 657. The lowest BCUT2D eigenvalue weighted by molar-refractivity contribution is -0.127. The van der Waals surface area contributed by atoms with Gasteiger partial charge in [-0.2, -0.15) is 0 Å². The van der Waals surface area contributed by atoms with Gasteiger partial charge in [-0.05, 0) is 43.9 Å². The highest BCUT2D eigenvalue weighted by atomic mass is 16.2. The molecule has 2 aromatic rings. The van der Waals surface area contributed by atoms with E-state index in [4.69, 9.17) is 0 Å². The summed E-state index contributed by atoms with van der Waals surface area (Å²) in [6, 6.07) is 10.2. The number of hydrogen-bond acceptors (Lipinski definition) is 3. The topological polar surface area (TPSA) is 54.0 Å². The number of carbonyl (C=O) groups excluding carboxylic acids is 1. The van der Waals surface area contributed by atoms with Crippen LogP contribution in [0.3, 0.4) is 0 Å². The van der Waals surface area contributed by atoms with E-state index in [9.17, 15) is 4.79 Å². The lowest BCUT2D eigenvalue weighted by atomic mass is 9.93. The molecule has 1 saturated heterocycles. The maximum Gasteiger partial charge on any atom is 0.240 e. The largest absolute Gasteiger partial charge is 0.354 e. The number of aromatic nitrogens is 1. The average Bonchev–Trinajstić information content (AvgIpc) is 3.05. The molecule has 1 amide bonds. The van der Waals surface area contributed by atoms with Crippen molar-refractivity contribution in [1.82, 2.24) is 15.6 Å². The number of fused-ring (bicyclic) bond motifs is 1. The van der Waals surface area contributed by atoms with Gasteiger partial charge in [0.15, 0.2) is 0 Å². The van der Waals surface area contributed by atoms with Crippen LogP contribution in [0.25, 0.3) is 10.9 Å². The van der Waals surface area contributed by atoms with E-state index in [1.807, 2.05) is 18.3 Å². The minimum Gasteiger partial charge on any atom is -0.354 e. The summed E-state index contributed by atoms with van der Waals surface area (Å²) >= 11 is 0. The van der Waals surface area contributed by atoms with Crippen molar-refractivity contribution >= 4 is 16.8 Å². The summed E-state index contributed by atoms with van der Waals surface area (Å²) < 4.78 is 0. The van der Waals surface area contributed by atoms with Gasteiger partial charge in [-0.1, -0.05) is 31.2 Å². The van der Waals surface area contributed by atoms with Crippen LogP contribution in [0.4, 0.5) is 0 Å². The number of para-hydroxylation sites is 1. The molecule has 0 radical (unpaired) electrons. The number of amides is 1. The molecule has 0 bridgehead atoms. The molecule has 1 aliphatic heterocycles. The highest BCUT2D eigenvalue weighted by Gasteiger charge is 2.38. The average molecular weight is 297 g/mol. The number of carbonyl (C=O) groups is 1. The van der Waals surface area contributed by atoms with Crippen LogP contribution in [-0.4, -0.2) is 29.5 Å². The first kappa shape index (κ1) is 15.0. The Labute approximate surface area is 131 Å². The van der Waals surface area contributed by atoms with Crippen molar-refractivity contribution in [2.75, 3.05) is 13.1 Å². The molecule has 116 valence electrons. The van der Waals surface area contributed by atoms with Gasteiger partial charge in [-0.15, -0.1) is 0 Å². The van der Waals surface area contributed by atoms with Crippen molar-refractivity contribution in [2.45, 2.75) is 38.1 Å². The van der Waals surface area contributed by atoms with Gasteiger partial charge in [0.1, 0.15) is 0 Å². The second kappa shape index (κ2) is 6.44. The van der Waals surface area contributed by atoms with Gasteiger partial charge in [0.25, 0.3) is 0 Å². The summed E-state index contributed by atoms with van der Waals surface area (Å²) in [5.74, 6) is 0.140. The molecule has 1 aromatic carbocycles. The quantitative estimate of drug-likeness (QED) is 0.891. The third-order valence-corrected chi connectivity index (χ3v) is 4.68. The summed E-state index contributed by atoms with van der Waals surface area (Å²) in [5, 5.41) is 7.62. The highest BCUT2D eigenvalue weighted by Crippen LogP contribution is 2.23. The van der Waals surface area contributed by atoms with E-state index in [2.05, 4.69) is 40.7 Å². The minimum absolute atomic E-state index is 0.140. The molecular weight excluding hydrogens is 274 g/mol. The Kier molecular flexibility index (Phi) is 4.39. The summed E-state index contributed by atoms with van der Waals surface area (Å²) in [4.78, 5) is 16.9. The van der Waals surface area contributed by atoms with E-state index < -0.39 is 0 Å². The van der Waals surface area contributed by atoms with Gasteiger partial charge in [-0.3, -0.25) is 9.78 Å². The van der Waals surface area contributed by atoms with E-state index in [0.29, 0.717) is 6.54 Å². The van der Waals surface area contributed by atoms with E-state index in [0.717, 1.165) is 43.1 Å². The predicted molar refractivity (Wildman–Crippen MR) is 88.7 cm³/mol. The number of hydrogen-bond donors (Lipinski definition) is 2. The molecular formula is C18H23N3O. The van der Waals surface area contributed by atoms with Crippen molar-refractivity contribution in [3.05, 3.63) is 42.1 Å². The Morgan fingerprint density at radius 3 is 3.00 bits per heavy atom. The molecule has 1 unspecified atom stereocenters. The van der Waals surface area contributed by atoms with Crippen molar-refractivity contribution in [3.8, 4) is 0 Å². The van der Waals surface area contributed by atoms with Gasteiger partial charge in [0.2, 0.25) is 5.91 Å². The second-order valence-corrected chi connectivity index (χ2v) is 5.96. The molecule has 1 fully saturated rings. The van der Waals surface area contributed by atoms with E-state index in [1.54, 1.807) is 0 Å². The third-order valence-electron chi connectivity index (χ3n) is 4.68. The number of rotatable bonds is 5. The van der Waals surface area contributed by atoms with Crippen LogP contribution in [-0.2, 0) is 11.2 Å². The van der Waals surface area contributed by atoms with Gasteiger partial charge in [-0.25, -0.2) is 0 Å². The number of benzene rings is 1. The van der Waals surface area contributed by atoms with Gasteiger partial charge >= 0.3 is 0 Å². The number of nitrogens with one attached hydrogen (secondary N) is 2. The fourth-order valence-corrected chi connectivity index (χ4v) is 3.31. The van der Waals surface area contributed by atoms with Crippen molar-refractivity contribution in [2.24, 2.45) is 0 Å². The molecule has 2 N–H and O–H groups in total. The number of nitrogens with zero attached hydrogens (tertiary/aromatic N) is 1. The van der Waals surface area contributed by atoms with Crippen molar-refractivity contribution < 1.29 is 4.79 Å². The second-order valence-electron chi connectivity index (χ2n) is 5.96. The Balaban J connectivity index is 1.64. The normalized spacial score (nSPS) is 21.1. The molecule has 3 rings (SSSR count). The zero-order valence-corrected chi connectivity index (χ0v) is 13.1. The van der Waals surface area contributed by atoms with E-state index in [1.165, 1.54) is 5.56 Å². The third kappa shape index (κ3) is 2.83. The minimum atomic E-state index is -0.350. The van der Waals surface area contributed by atoms with E-state index in [-0.39, 0.29) is 11.4 Å². The van der Waals surface area contributed by atoms with Crippen molar-refractivity contribution in [1.29, 1.82) is 0 Å². The van der Waals surface area contributed by atoms with Crippen LogP contribution in [0.5, 0.6) is 0 Å². The predicted octanol–water partition coefficient (Wildman–Crippen LogP) is 2.43. The summed E-state index contributed by atoms with van der Waals surface area (Å²) in [5.41, 5.74) is 1.86. The lowest BCUT2D eigenvalue weighted by Gasteiger charge is -2.26. The maximum absolute atomic E-state index is 12.5. The fraction of sp³-hybridized carbons (Fsp3) is 0.444. The summed E-state index contributed by atoms with van der Waals surface area (Å²) in [6.45, 7) is 3.67. The molecule has 0 saturated carbocycles. The molecule has 2 heterocycles. The van der Waals surface area contributed by atoms with Gasteiger partial charge < -0.3 is 10.6 Å². The maximum atomic E-state index is 12.5. The lowest BCUT2D eigenvalue weighted by Crippen LogP contribution is -2.53.